The van der Waals surface area contributed by atoms with Crippen LogP contribution in [0.2, 0.25) is 0 Å². The molecule has 0 bridgehead atoms. The van der Waals surface area contributed by atoms with Crippen LogP contribution in [-0.2, 0) is 12.8 Å². The summed E-state index contributed by atoms with van der Waals surface area (Å²) < 4.78 is 0. The van der Waals surface area contributed by atoms with E-state index in [1.807, 2.05) is 13.0 Å². The van der Waals surface area contributed by atoms with Crippen molar-refractivity contribution in [3.63, 3.8) is 0 Å². The number of rotatable bonds is 8. The van der Waals surface area contributed by atoms with E-state index in [-0.39, 0.29) is 17.7 Å². The molecule has 4 rings (SSSR count). The first-order chi connectivity index (χ1) is 16.6. The smallest absolute Gasteiger partial charge is 0.271 e. The summed E-state index contributed by atoms with van der Waals surface area (Å²) in [6.45, 7) is 7.36. The number of amides is 1. The summed E-state index contributed by atoms with van der Waals surface area (Å²) in [5, 5.41) is 24.7. The third kappa shape index (κ3) is 5.51. The van der Waals surface area contributed by atoms with Crippen LogP contribution in [0.4, 0.5) is 5.82 Å². The zero-order valence-electron chi connectivity index (χ0n) is 19.8. The number of hydrogen-bond donors (Lipinski definition) is 3. The first-order valence-corrected chi connectivity index (χ1v) is 11.9. The van der Waals surface area contributed by atoms with Crippen molar-refractivity contribution < 1.29 is 9.90 Å². The van der Waals surface area contributed by atoms with E-state index in [0.717, 1.165) is 55.8 Å². The van der Waals surface area contributed by atoms with Gasteiger partial charge < -0.3 is 20.6 Å². The number of carbonyl (C=O) groups is 1. The summed E-state index contributed by atoms with van der Waals surface area (Å²) in [7, 11) is 0. The molecule has 1 atom stereocenters. The Morgan fingerprint density at radius 3 is 2.74 bits per heavy atom. The number of pyridine rings is 1. The van der Waals surface area contributed by atoms with Gasteiger partial charge in [0.05, 0.1) is 6.20 Å². The Hall–Kier alpha value is -3.52. The monoisotopic (exact) mass is 460 g/mol. The van der Waals surface area contributed by atoms with E-state index >= 15 is 0 Å². The lowest BCUT2D eigenvalue weighted by Crippen LogP contribution is -2.52. The molecule has 1 unspecified atom stereocenters. The highest BCUT2D eigenvalue weighted by Crippen LogP contribution is 2.27. The Morgan fingerprint density at radius 2 is 2.00 bits per heavy atom. The van der Waals surface area contributed by atoms with Crippen molar-refractivity contribution in [1.29, 1.82) is 0 Å². The molecule has 1 aliphatic rings. The summed E-state index contributed by atoms with van der Waals surface area (Å²) in [5.74, 6) is 0.768. The molecule has 1 aliphatic heterocycles. The third-order valence-corrected chi connectivity index (χ3v) is 6.16. The van der Waals surface area contributed by atoms with E-state index in [4.69, 9.17) is 0 Å². The lowest BCUT2D eigenvalue weighted by atomic mass is 9.93. The summed E-state index contributed by atoms with van der Waals surface area (Å²) in [4.78, 5) is 18.5. The van der Waals surface area contributed by atoms with Gasteiger partial charge >= 0.3 is 0 Å². The molecule has 1 fully saturated rings. The van der Waals surface area contributed by atoms with Crippen LogP contribution < -0.4 is 15.5 Å². The standard InChI is InChI=1S/C26H32N6O2/c1-3-9-29-26(34)24-7-8-25(31-30-24)32-11-10-27-16-22(32)13-20-6-5-19(12-18(20)4-2)21-14-23(33)17-28-15-21/h5-8,12,14-15,17,22,27,33H,3-4,9-11,13,16H2,1-2H3,(H,29,34). The zero-order chi connectivity index (χ0) is 23.9. The normalized spacial score (nSPS) is 15.8. The van der Waals surface area contributed by atoms with Crippen molar-refractivity contribution in [3.05, 3.63) is 65.6 Å². The lowest BCUT2D eigenvalue weighted by Gasteiger charge is -2.37. The highest BCUT2D eigenvalue weighted by atomic mass is 16.3. The first kappa shape index (κ1) is 23.6. The Kier molecular flexibility index (Phi) is 7.69. The quantitative estimate of drug-likeness (QED) is 0.475. The topological polar surface area (TPSA) is 103 Å². The van der Waals surface area contributed by atoms with Crippen LogP contribution >= 0.6 is 0 Å². The van der Waals surface area contributed by atoms with Crippen LogP contribution in [-0.4, -0.2) is 58.4 Å². The van der Waals surface area contributed by atoms with E-state index in [2.05, 4.69) is 55.8 Å². The van der Waals surface area contributed by atoms with Crippen molar-refractivity contribution in [1.82, 2.24) is 25.8 Å². The maximum Gasteiger partial charge on any atom is 0.271 e. The van der Waals surface area contributed by atoms with Crippen molar-refractivity contribution >= 4 is 11.7 Å². The number of aromatic hydroxyl groups is 1. The average Bonchev–Trinajstić information content (AvgIpc) is 2.88. The molecule has 3 heterocycles. The number of nitrogens with zero attached hydrogens (tertiary/aromatic N) is 4. The van der Waals surface area contributed by atoms with E-state index in [0.29, 0.717) is 12.2 Å². The summed E-state index contributed by atoms with van der Waals surface area (Å²) in [5.41, 5.74) is 4.86. The van der Waals surface area contributed by atoms with Crippen LogP contribution in [0.15, 0.2) is 48.8 Å². The lowest BCUT2D eigenvalue weighted by molar-refractivity contribution is 0.0947. The maximum absolute atomic E-state index is 12.2. The van der Waals surface area contributed by atoms with E-state index in [9.17, 15) is 9.90 Å². The van der Waals surface area contributed by atoms with E-state index in [1.165, 1.54) is 17.3 Å². The van der Waals surface area contributed by atoms with Crippen molar-refractivity contribution in [2.45, 2.75) is 39.2 Å². The predicted octanol–water partition coefficient (Wildman–Crippen LogP) is 2.97. The molecule has 1 saturated heterocycles. The number of aryl methyl sites for hydroxylation is 1. The number of hydrogen-bond acceptors (Lipinski definition) is 7. The summed E-state index contributed by atoms with van der Waals surface area (Å²) in [6.07, 6.45) is 5.87. The average molecular weight is 461 g/mol. The van der Waals surface area contributed by atoms with Gasteiger partial charge in [0.25, 0.3) is 5.91 Å². The fourth-order valence-corrected chi connectivity index (χ4v) is 4.35. The Labute approximate surface area is 200 Å². The number of aromatic nitrogens is 3. The second-order valence-electron chi connectivity index (χ2n) is 8.56. The Morgan fingerprint density at radius 1 is 1.12 bits per heavy atom. The molecule has 3 N–H and O–H groups in total. The van der Waals surface area contributed by atoms with Crippen molar-refractivity contribution in [2.24, 2.45) is 0 Å². The zero-order valence-corrected chi connectivity index (χ0v) is 19.8. The molecule has 178 valence electrons. The van der Waals surface area contributed by atoms with Gasteiger partial charge in [-0.05, 0) is 54.2 Å². The molecule has 3 aromatic rings. The molecule has 0 spiro atoms. The molecule has 8 heteroatoms. The van der Waals surface area contributed by atoms with Crippen LogP contribution in [0.3, 0.4) is 0 Å². The van der Waals surface area contributed by atoms with Crippen molar-refractivity contribution in [2.75, 3.05) is 31.1 Å². The highest BCUT2D eigenvalue weighted by molar-refractivity contribution is 5.92. The number of benzene rings is 1. The van der Waals surface area contributed by atoms with Gasteiger partial charge in [0.2, 0.25) is 0 Å². The molecule has 0 radical (unpaired) electrons. The van der Waals surface area contributed by atoms with E-state index < -0.39 is 0 Å². The maximum atomic E-state index is 12.2. The minimum absolute atomic E-state index is 0.165. The van der Waals surface area contributed by atoms with Gasteiger partial charge in [-0.2, -0.15) is 0 Å². The molecular formula is C26H32N6O2. The minimum atomic E-state index is -0.188. The molecule has 34 heavy (non-hydrogen) atoms. The summed E-state index contributed by atoms with van der Waals surface area (Å²) >= 11 is 0. The fourth-order valence-electron chi connectivity index (χ4n) is 4.35. The molecule has 0 aliphatic carbocycles. The minimum Gasteiger partial charge on any atom is -0.506 e. The van der Waals surface area contributed by atoms with Crippen LogP contribution in [0.1, 0.15) is 41.9 Å². The van der Waals surface area contributed by atoms with Gasteiger partial charge in [0, 0.05) is 44.0 Å². The molecule has 0 saturated carbocycles. The third-order valence-electron chi connectivity index (χ3n) is 6.16. The molecule has 1 amide bonds. The highest BCUT2D eigenvalue weighted by Gasteiger charge is 2.25. The SMILES string of the molecule is CCCNC(=O)c1ccc(N2CCNCC2Cc2ccc(-c3cncc(O)c3)cc2CC)nn1. The van der Waals surface area contributed by atoms with Gasteiger partial charge in [-0.25, -0.2) is 0 Å². The van der Waals surface area contributed by atoms with E-state index in [1.54, 1.807) is 18.3 Å². The van der Waals surface area contributed by atoms with Gasteiger partial charge in [-0.15, -0.1) is 10.2 Å². The van der Waals surface area contributed by atoms with Crippen LogP contribution in [0, 0.1) is 0 Å². The van der Waals surface area contributed by atoms with Gasteiger partial charge in [0.1, 0.15) is 5.75 Å². The van der Waals surface area contributed by atoms with Crippen LogP contribution in [0.25, 0.3) is 11.1 Å². The first-order valence-electron chi connectivity index (χ1n) is 11.9. The van der Waals surface area contributed by atoms with Gasteiger partial charge in [0.15, 0.2) is 11.5 Å². The second kappa shape index (κ2) is 11.1. The largest absolute Gasteiger partial charge is 0.506 e. The molecule has 2 aromatic heterocycles. The van der Waals surface area contributed by atoms with Gasteiger partial charge in [-0.3, -0.25) is 9.78 Å². The number of anilines is 1. The number of nitrogens with one attached hydrogen (secondary N) is 2. The van der Waals surface area contributed by atoms with Crippen LogP contribution in [0.5, 0.6) is 5.75 Å². The number of piperazine rings is 1. The van der Waals surface area contributed by atoms with Gasteiger partial charge in [-0.1, -0.05) is 32.0 Å². The predicted molar refractivity (Wildman–Crippen MR) is 133 cm³/mol. The van der Waals surface area contributed by atoms with Crippen molar-refractivity contribution in [3.8, 4) is 16.9 Å². The Bertz CT molecular complexity index is 1120. The molecular weight excluding hydrogens is 428 g/mol. The number of carbonyl (C=O) groups excluding carboxylic acids is 1. The Balaban J connectivity index is 1.52. The summed E-state index contributed by atoms with van der Waals surface area (Å²) in [6, 6.07) is 12.1. The fraction of sp³-hybridized carbons (Fsp3) is 0.385. The molecule has 1 aromatic carbocycles. The second-order valence-corrected chi connectivity index (χ2v) is 8.56. The molecule has 8 nitrogen and oxygen atoms in total.